The Morgan fingerprint density at radius 2 is 1.73 bits per heavy atom. The molecule has 2 aromatic carbocycles. The number of amides is 2. The van der Waals surface area contributed by atoms with E-state index < -0.39 is 6.04 Å². The molecule has 7 nitrogen and oxygen atoms in total. The third-order valence-corrected chi connectivity index (χ3v) is 6.08. The van der Waals surface area contributed by atoms with Gasteiger partial charge in [-0.3, -0.25) is 0 Å². The fraction of sp³-hybridized carbons (Fsp3) is 0.292. The highest BCUT2D eigenvalue weighted by molar-refractivity contribution is 7.80. The molecule has 0 fully saturated rings. The molecule has 1 heterocycles. The lowest BCUT2D eigenvalue weighted by molar-refractivity contribution is -0.139. The van der Waals surface area contributed by atoms with Crippen molar-refractivity contribution in [3.63, 3.8) is 0 Å². The van der Waals surface area contributed by atoms with Crippen LogP contribution in [0.4, 0.5) is 16.2 Å². The molecule has 9 heteroatoms. The van der Waals surface area contributed by atoms with E-state index >= 15 is 0 Å². The smallest absolute Gasteiger partial charge is 0.338 e. The number of aryl methyl sites for hydroxylation is 1. The SMILES string of the molecule is CCOC(=O)C1=C(C)N(CC)C(=S)NC1c1ccc(NC(=O)Nc2ccc(C)c(Cl)c2)cc1. The first-order valence-electron chi connectivity index (χ1n) is 10.6. The van der Waals surface area contributed by atoms with Crippen LogP contribution in [-0.4, -0.2) is 35.2 Å². The van der Waals surface area contributed by atoms with Gasteiger partial charge in [0, 0.05) is 28.6 Å². The third kappa shape index (κ3) is 5.64. The fourth-order valence-electron chi connectivity index (χ4n) is 3.61. The van der Waals surface area contributed by atoms with Crippen LogP contribution in [0.1, 0.15) is 37.9 Å². The van der Waals surface area contributed by atoms with Crippen LogP contribution in [0.25, 0.3) is 0 Å². The van der Waals surface area contributed by atoms with Crippen LogP contribution < -0.4 is 16.0 Å². The first kappa shape index (κ1) is 24.5. The molecule has 1 aliphatic heterocycles. The standard InChI is InChI=1S/C24H27ClN4O3S/c1-5-29-15(4)20(22(30)32-6-2)21(28-24(29)33)16-8-11-17(12-9-16)26-23(31)27-18-10-7-14(3)19(25)13-18/h7-13,21H,5-6H2,1-4H3,(H,28,33)(H2,26,27,31). The minimum absolute atomic E-state index is 0.281. The van der Waals surface area contributed by atoms with E-state index in [1.165, 1.54) is 0 Å². The molecule has 2 aromatic rings. The molecule has 1 atom stereocenters. The number of allylic oxidation sites excluding steroid dienone is 1. The van der Waals surface area contributed by atoms with Gasteiger partial charge >= 0.3 is 12.0 Å². The van der Waals surface area contributed by atoms with Gasteiger partial charge in [-0.1, -0.05) is 29.8 Å². The minimum Gasteiger partial charge on any atom is -0.463 e. The van der Waals surface area contributed by atoms with Crippen molar-refractivity contribution < 1.29 is 14.3 Å². The number of urea groups is 1. The van der Waals surface area contributed by atoms with Crippen molar-refractivity contribution in [2.24, 2.45) is 0 Å². The Morgan fingerprint density at radius 3 is 2.33 bits per heavy atom. The molecule has 0 spiro atoms. The molecule has 0 aliphatic carbocycles. The molecule has 2 amide bonds. The normalized spacial score (nSPS) is 15.7. The molecule has 0 saturated heterocycles. The second-order valence-corrected chi connectivity index (χ2v) is 8.31. The number of nitrogens with zero attached hydrogens (tertiary/aromatic N) is 1. The van der Waals surface area contributed by atoms with Crippen molar-refractivity contribution in [2.75, 3.05) is 23.8 Å². The second kappa shape index (κ2) is 10.7. The highest BCUT2D eigenvalue weighted by Gasteiger charge is 2.34. The fourth-order valence-corrected chi connectivity index (χ4v) is 4.17. The lowest BCUT2D eigenvalue weighted by atomic mass is 9.95. The Hall–Kier alpha value is -3.10. The average Bonchev–Trinajstić information content (AvgIpc) is 2.77. The summed E-state index contributed by atoms with van der Waals surface area (Å²) in [5.74, 6) is -0.383. The summed E-state index contributed by atoms with van der Waals surface area (Å²) in [5.41, 5.74) is 4.24. The molecule has 0 radical (unpaired) electrons. The van der Waals surface area contributed by atoms with Crippen molar-refractivity contribution in [3.8, 4) is 0 Å². The summed E-state index contributed by atoms with van der Waals surface area (Å²) in [6.45, 7) is 8.42. The van der Waals surface area contributed by atoms with Crippen LogP contribution in [0.2, 0.25) is 5.02 Å². The van der Waals surface area contributed by atoms with Gasteiger partial charge in [0.05, 0.1) is 18.2 Å². The predicted octanol–water partition coefficient (Wildman–Crippen LogP) is 5.38. The van der Waals surface area contributed by atoms with Crippen molar-refractivity contribution >= 4 is 52.3 Å². The van der Waals surface area contributed by atoms with E-state index in [1.54, 1.807) is 31.2 Å². The van der Waals surface area contributed by atoms with E-state index in [0.717, 1.165) is 16.8 Å². The number of esters is 1. The van der Waals surface area contributed by atoms with Crippen LogP contribution in [0.5, 0.6) is 0 Å². The maximum Gasteiger partial charge on any atom is 0.338 e. The van der Waals surface area contributed by atoms with Crippen LogP contribution >= 0.6 is 23.8 Å². The van der Waals surface area contributed by atoms with E-state index in [0.29, 0.717) is 33.6 Å². The van der Waals surface area contributed by atoms with Gasteiger partial charge in [0.1, 0.15) is 0 Å². The summed E-state index contributed by atoms with van der Waals surface area (Å²) < 4.78 is 5.30. The number of ether oxygens (including phenoxy) is 1. The highest BCUT2D eigenvalue weighted by atomic mass is 35.5. The zero-order chi connectivity index (χ0) is 24.1. The summed E-state index contributed by atoms with van der Waals surface area (Å²) in [7, 11) is 0. The third-order valence-electron chi connectivity index (χ3n) is 5.34. The monoisotopic (exact) mass is 486 g/mol. The predicted molar refractivity (Wildman–Crippen MR) is 135 cm³/mol. The number of rotatable bonds is 6. The maximum absolute atomic E-state index is 12.7. The lowest BCUT2D eigenvalue weighted by Gasteiger charge is -2.37. The van der Waals surface area contributed by atoms with Crippen LogP contribution in [0.3, 0.4) is 0 Å². The van der Waals surface area contributed by atoms with Gasteiger partial charge in [0.2, 0.25) is 0 Å². The second-order valence-electron chi connectivity index (χ2n) is 7.51. The van der Waals surface area contributed by atoms with Gasteiger partial charge < -0.3 is 25.6 Å². The summed E-state index contributed by atoms with van der Waals surface area (Å²) in [5, 5.41) is 9.92. The molecule has 3 rings (SSSR count). The molecule has 33 heavy (non-hydrogen) atoms. The van der Waals surface area contributed by atoms with Crippen LogP contribution in [-0.2, 0) is 9.53 Å². The topological polar surface area (TPSA) is 82.7 Å². The van der Waals surface area contributed by atoms with Crippen LogP contribution in [0.15, 0.2) is 53.7 Å². The van der Waals surface area contributed by atoms with Crippen LogP contribution in [0, 0.1) is 6.92 Å². The van der Waals surface area contributed by atoms with Gasteiger partial charge in [0.25, 0.3) is 0 Å². The Kier molecular flexibility index (Phi) is 7.94. The first-order valence-corrected chi connectivity index (χ1v) is 11.4. The summed E-state index contributed by atoms with van der Waals surface area (Å²) in [6, 6.07) is 11.7. The average molecular weight is 487 g/mol. The molecule has 0 aromatic heterocycles. The van der Waals surface area contributed by atoms with Crippen molar-refractivity contribution in [2.45, 2.75) is 33.7 Å². The molecule has 3 N–H and O–H groups in total. The van der Waals surface area contributed by atoms with E-state index in [1.807, 2.05) is 43.9 Å². The van der Waals surface area contributed by atoms with Crippen molar-refractivity contribution in [1.82, 2.24) is 10.2 Å². The molecular weight excluding hydrogens is 460 g/mol. The molecule has 1 unspecified atom stereocenters. The van der Waals surface area contributed by atoms with E-state index in [4.69, 9.17) is 28.6 Å². The van der Waals surface area contributed by atoms with Gasteiger partial charge in [-0.15, -0.1) is 0 Å². The first-order chi connectivity index (χ1) is 15.7. The number of hydrogen-bond donors (Lipinski definition) is 3. The number of nitrogens with one attached hydrogen (secondary N) is 3. The number of benzene rings is 2. The summed E-state index contributed by atoms with van der Waals surface area (Å²) in [4.78, 5) is 27.0. The van der Waals surface area contributed by atoms with Gasteiger partial charge in [0.15, 0.2) is 5.11 Å². The van der Waals surface area contributed by atoms with E-state index in [2.05, 4.69) is 16.0 Å². The number of thiocarbonyl (C=S) groups is 1. The minimum atomic E-state index is -0.447. The number of hydrogen-bond acceptors (Lipinski definition) is 4. The highest BCUT2D eigenvalue weighted by Crippen LogP contribution is 2.32. The molecule has 1 aliphatic rings. The summed E-state index contributed by atoms with van der Waals surface area (Å²) in [6.07, 6.45) is 0. The summed E-state index contributed by atoms with van der Waals surface area (Å²) >= 11 is 11.6. The number of anilines is 2. The molecule has 174 valence electrons. The quantitative estimate of drug-likeness (QED) is 0.375. The molecular formula is C24H27ClN4O3S. The number of halogens is 1. The Balaban J connectivity index is 1.78. The zero-order valence-electron chi connectivity index (χ0n) is 19.0. The number of carbonyl (C=O) groups excluding carboxylic acids is 2. The zero-order valence-corrected chi connectivity index (χ0v) is 20.6. The lowest BCUT2D eigenvalue weighted by Crippen LogP contribution is -2.47. The Morgan fingerprint density at radius 1 is 1.09 bits per heavy atom. The van der Waals surface area contributed by atoms with Gasteiger partial charge in [-0.05, 0) is 75.3 Å². The molecule has 0 saturated carbocycles. The maximum atomic E-state index is 12.7. The largest absolute Gasteiger partial charge is 0.463 e. The van der Waals surface area contributed by atoms with Gasteiger partial charge in [-0.2, -0.15) is 0 Å². The number of carbonyl (C=O) groups is 2. The Labute approximate surface area is 204 Å². The van der Waals surface area contributed by atoms with E-state index in [9.17, 15) is 9.59 Å². The van der Waals surface area contributed by atoms with Crippen molar-refractivity contribution in [1.29, 1.82) is 0 Å². The van der Waals surface area contributed by atoms with Crippen molar-refractivity contribution in [3.05, 3.63) is 69.9 Å². The van der Waals surface area contributed by atoms with E-state index in [-0.39, 0.29) is 18.6 Å². The van der Waals surface area contributed by atoms with Gasteiger partial charge in [-0.25, -0.2) is 9.59 Å². The molecule has 0 bridgehead atoms. The Bertz CT molecular complexity index is 1100.